The highest BCUT2D eigenvalue weighted by Crippen LogP contribution is 2.18. The number of benzene rings is 1. The molecule has 0 radical (unpaired) electrons. The second kappa shape index (κ2) is 5.85. The number of carbonyl (C=O) groups is 1. The van der Waals surface area contributed by atoms with Gasteiger partial charge in [0.25, 0.3) is 5.89 Å². The van der Waals surface area contributed by atoms with Gasteiger partial charge in [0.15, 0.2) is 0 Å². The summed E-state index contributed by atoms with van der Waals surface area (Å²) >= 11 is 0. The molecule has 2 heterocycles. The van der Waals surface area contributed by atoms with Gasteiger partial charge in [0.05, 0.1) is 0 Å². The van der Waals surface area contributed by atoms with Crippen LogP contribution in [0.25, 0.3) is 11.6 Å². The van der Waals surface area contributed by atoms with Gasteiger partial charge in [-0.1, -0.05) is 12.1 Å². The van der Waals surface area contributed by atoms with E-state index in [9.17, 15) is 4.79 Å². The molecule has 0 saturated heterocycles. The molecule has 0 aliphatic carbocycles. The van der Waals surface area contributed by atoms with Crippen molar-refractivity contribution in [1.82, 2.24) is 14.8 Å². The molecule has 0 fully saturated rings. The molecule has 0 spiro atoms. The standard InChI is InChI=1S/C16H16N4O2/c1-11-5-3-6-13(9-11)17-15(21)10-20-8-4-7-14(20)16-19-18-12(2)22-16/h3-9H,10H2,1-2H3,(H,17,21). The molecule has 1 amide bonds. The van der Waals surface area contributed by atoms with Gasteiger partial charge in [0.1, 0.15) is 12.2 Å². The van der Waals surface area contributed by atoms with E-state index in [4.69, 9.17) is 4.42 Å². The van der Waals surface area contributed by atoms with E-state index in [1.165, 1.54) is 0 Å². The lowest BCUT2D eigenvalue weighted by Gasteiger charge is -2.08. The van der Waals surface area contributed by atoms with Crippen LogP contribution < -0.4 is 5.32 Å². The quantitative estimate of drug-likeness (QED) is 0.803. The first-order valence-electron chi connectivity index (χ1n) is 6.94. The van der Waals surface area contributed by atoms with Crippen molar-refractivity contribution in [3.05, 3.63) is 54.0 Å². The molecule has 0 aliphatic rings. The van der Waals surface area contributed by atoms with E-state index >= 15 is 0 Å². The van der Waals surface area contributed by atoms with Crippen molar-refractivity contribution in [1.29, 1.82) is 0 Å². The van der Waals surface area contributed by atoms with E-state index in [2.05, 4.69) is 15.5 Å². The Balaban J connectivity index is 1.74. The Morgan fingerprint density at radius 1 is 1.23 bits per heavy atom. The van der Waals surface area contributed by atoms with Gasteiger partial charge in [0.2, 0.25) is 11.8 Å². The highest BCUT2D eigenvalue weighted by atomic mass is 16.4. The summed E-state index contributed by atoms with van der Waals surface area (Å²) in [7, 11) is 0. The summed E-state index contributed by atoms with van der Waals surface area (Å²) in [5.41, 5.74) is 2.60. The molecular weight excluding hydrogens is 280 g/mol. The van der Waals surface area contributed by atoms with Gasteiger partial charge in [-0.15, -0.1) is 10.2 Å². The van der Waals surface area contributed by atoms with Gasteiger partial charge in [-0.3, -0.25) is 4.79 Å². The summed E-state index contributed by atoms with van der Waals surface area (Å²) in [4.78, 5) is 12.2. The third-order valence-electron chi connectivity index (χ3n) is 3.19. The first kappa shape index (κ1) is 14.1. The van der Waals surface area contributed by atoms with Crippen LogP contribution in [0.2, 0.25) is 0 Å². The Morgan fingerprint density at radius 2 is 2.09 bits per heavy atom. The fourth-order valence-electron chi connectivity index (χ4n) is 2.22. The average Bonchev–Trinajstić information content (AvgIpc) is 3.07. The molecule has 0 aliphatic heterocycles. The SMILES string of the molecule is Cc1cccc(NC(=O)Cn2cccc2-c2nnc(C)o2)c1. The summed E-state index contributed by atoms with van der Waals surface area (Å²) in [6.45, 7) is 3.89. The molecule has 0 atom stereocenters. The summed E-state index contributed by atoms with van der Waals surface area (Å²) < 4.78 is 7.19. The lowest BCUT2D eigenvalue weighted by molar-refractivity contribution is -0.116. The minimum absolute atomic E-state index is 0.112. The minimum atomic E-state index is -0.112. The fourth-order valence-corrected chi connectivity index (χ4v) is 2.22. The molecule has 2 aromatic heterocycles. The summed E-state index contributed by atoms with van der Waals surface area (Å²) in [5.74, 6) is 0.789. The van der Waals surface area contributed by atoms with Gasteiger partial charge < -0.3 is 14.3 Å². The van der Waals surface area contributed by atoms with Crippen LogP contribution in [-0.2, 0) is 11.3 Å². The van der Waals surface area contributed by atoms with Crippen LogP contribution in [0.15, 0.2) is 47.0 Å². The summed E-state index contributed by atoms with van der Waals surface area (Å²) in [6, 6.07) is 11.4. The number of carbonyl (C=O) groups excluding carboxylic acids is 1. The van der Waals surface area contributed by atoms with Gasteiger partial charge in [0, 0.05) is 18.8 Å². The lowest BCUT2D eigenvalue weighted by atomic mass is 10.2. The molecular formula is C16H16N4O2. The zero-order chi connectivity index (χ0) is 15.5. The number of nitrogens with zero attached hydrogens (tertiary/aromatic N) is 3. The molecule has 112 valence electrons. The zero-order valence-corrected chi connectivity index (χ0v) is 12.4. The number of anilines is 1. The second-order valence-electron chi connectivity index (χ2n) is 5.07. The van der Waals surface area contributed by atoms with E-state index in [1.54, 1.807) is 11.5 Å². The Bertz CT molecular complexity index is 804. The fraction of sp³-hybridized carbons (Fsp3) is 0.188. The van der Waals surface area contributed by atoms with Crippen molar-refractivity contribution < 1.29 is 9.21 Å². The zero-order valence-electron chi connectivity index (χ0n) is 12.4. The number of nitrogens with one attached hydrogen (secondary N) is 1. The first-order chi connectivity index (χ1) is 10.6. The van der Waals surface area contributed by atoms with Crippen LogP contribution in [0.3, 0.4) is 0 Å². The molecule has 0 saturated carbocycles. The maximum Gasteiger partial charge on any atom is 0.264 e. The summed E-state index contributed by atoms with van der Waals surface area (Å²) in [6.07, 6.45) is 1.81. The van der Waals surface area contributed by atoms with E-state index in [1.807, 2.05) is 49.5 Å². The number of rotatable bonds is 4. The Kier molecular flexibility index (Phi) is 3.74. The predicted octanol–water partition coefficient (Wildman–Crippen LogP) is 2.79. The highest BCUT2D eigenvalue weighted by Gasteiger charge is 2.13. The second-order valence-corrected chi connectivity index (χ2v) is 5.07. The van der Waals surface area contributed by atoms with Crippen molar-refractivity contribution in [2.75, 3.05) is 5.32 Å². The molecule has 6 heteroatoms. The third-order valence-corrected chi connectivity index (χ3v) is 3.19. The van der Waals surface area contributed by atoms with Crippen molar-refractivity contribution in [3.63, 3.8) is 0 Å². The molecule has 22 heavy (non-hydrogen) atoms. The highest BCUT2D eigenvalue weighted by molar-refractivity contribution is 5.90. The molecule has 3 aromatic rings. The van der Waals surface area contributed by atoms with Crippen LogP contribution in [0.1, 0.15) is 11.5 Å². The van der Waals surface area contributed by atoms with Gasteiger partial charge in [-0.25, -0.2) is 0 Å². The number of aromatic nitrogens is 3. The van der Waals surface area contributed by atoms with E-state index in [0.717, 1.165) is 16.9 Å². The number of amides is 1. The van der Waals surface area contributed by atoms with Gasteiger partial charge in [-0.2, -0.15) is 0 Å². The van der Waals surface area contributed by atoms with Crippen LogP contribution in [-0.4, -0.2) is 20.7 Å². The van der Waals surface area contributed by atoms with Gasteiger partial charge >= 0.3 is 0 Å². The maximum absolute atomic E-state index is 12.2. The molecule has 3 rings (SSSR count). The summed E-state index contributed by atoms with van der Waals surface area (Å²) in [5, 5.41) is 10.7. The van der Waals surface area contributed by atoms with Crippen LogP contribution >= 0.6 is 0 Å². The van der Waals surface area contributed by atoms with Gasteiger partial charge in [-0.05, 0) is 36.8 Å². The largest absolute Gasteiger partial charge is 0.420 e. The Labute approximate surface area is 127 Å². The molecule has 0 bridgehead atoms. The topological polar surface area (TPSA) is 73.0 Å². The number of hydrogen-bond donors (Lipinski definition) is 1. The Morgan fingerprint density at radius 3 is 2.82 bits per heavy atom. The predicted molar refractivity (Wildman–Crippen MR) is 82.3 cm³/mol. The first-order valence-corrected chi connectivity index (χ1v) is 6.94. The van der Waals surface area contributed by atoms with Crippen LogP contribution in [0.4, 0.5) is 5.69 Å². The molecule has 1 aromatic carbocycles. The third kappa shape index (κ3) is 3.06. The molecule has 6 nitrogen and oxygen atoms in total. The number of hydrogen-bond acceptors (Lipinski definition) is 4. The Hall–Kier alpha value is -2.89. The minimum Gasteiger partial charge on any atom is -0.420 e. The smallest absolute Gasteiger partial charge is 0.264 e. The molecule has 0 unspecified atom stereocenters. The molecule has 1 N–H and O–H groups in total. The van der Waals surface area contributed by atoms with Crippen molar-refractivity contribution >= 4 is 11.6 Å². The number of aryl methyl sites for hydroxylation is 2. The van der Waals surface area contributed by atoms with Crippen LogP contribution in [0.5, 0.6) is 0 Å². The van der Waals surface area contributed by atoms with Crippen LogP contribution in [0, 0.1) is 13.8 Å². The van der Waals surface area contributed by atoms with E-state index in [-0.39, 0.29) is 12.5 Å². The van der Waals surface area contributed by atoms with Crippen molar-refractivity contribution in [2.45, 2.75) is 20.4 Å². The van der Waals surface area contributed by atoms with E-state index < -0.39 is 0 Å². The van der Waals surface area contributed by atoms with E-state index in [0.29, 0.717) is 11.8 Å². The average molecular weight is 296 g/mol. The van der Waals surface area contributed by atoms with Crippen molar-refractivity contribution in [2.24, 2.45) is 0 Å². The lowest BCUT2D eigenvalue weighted by Crippen LogP contribution is -2.18. The normalized spacial score (nSPS) is 10.6. The van der Waals surface area contributed by atoms with Crippen molar-refractivity contribution in [3.8, 4) is 11.6 Å². The monoisotopic (exact) mass is 296 g/mol. The maximum atomic E-state index is 12.2.